The Labute approximate surface area is 122 Å². The highest BCUT2D eigenvalue weighted by Crippen LogP contribution is 2.21. The Bertz CT molecular complexity index is 321. The van der Waals surface area contributed by atoms with Gasteiger partial charge in [0.2, 0.25) is 5.91 Å². The van der Waals surface area contributed by atoms with Crippen LogP contribution < -0.4 is 0 Å². The monoisotopic (exact) mass is 286 g/mol. The van der Waals surface area contributed by atoms with Crippen LogP contribution in [-0.4, -0.2) is 70.8 Å². The summed E-state index contributed by atoms with van der Waals surface area (Å²) in [5.41, 5.74) is -0.327. The van der Waals surface area contributed by atoms with E-state index in [-0.39, 0.29) is 36.3 Å². The van der Waals surface area contributed by atoms with E-state index in [9.17, 15) is 9.90 Å². The summed E-state index contributed by atoms with van der Waals surface area (Å²) in [6, 6.07) is 0.398. The third kappa shape index (κ3) is 4.72. The van der Waals surface area contributed by atoms with Gasteiger partial charge in [-0.1, -0.05) is 0 Å². The Morgan fingerprint density at radius 2 is 1.90 bits per heavy atom. The van der Waals surface area contributed by atoms with Gasteiger partial charge in [0.25, 0.3) is 0 Å². The van der Waals surface area contributed by atoms with Crippen LogP contribution in [0.25, 0.3) is 0 Å². The minimum Gasteiger partial charge on any atom is -0.394 e. The zero-order chi connectivity index (χ0) is 15.5. The molecule has 0 spiro atoms. The molecule has 0 radical (unpaired) electrons. The lowest BCUT2D eigenvalue weighted by atomic mass is 10.1. The van der Waals surface area contributed by atoms with Crippen molar-refractivity contribution in [3.63, 3.8) is 0 Å². The number of aliphatic hydroxyl groups is 1. The second kappa shape index (κ2) is 6.87. The third-order valence-electron chi connectivity index (χ3n) is 3.52. The number of carbonyl (C=O) groups is 1. The van der Waals surface area contributed by atoms with E-state index in [0.29, 0.717) is 19.6 Å². The maximum Gasteiger partial charge on any atom is 0.237 e. The summed E-state index contributed by atoms with van der Waals surface area (Å²) in [4.78, 5) is 16.5. The maximum atomic E-state index is 12.5. The first kappa shape index (κ1) is 17.4. The number of ether oxygens (including phenoxy) is 1. The molecule has 1 fully saturated rings. The molecule has 1 N–H and O–H groups in total. The van der Waals surface area contributed by atoms with E-state index < -0.39 is 0 Å². The average Bonchev–Trinajstić information content (AvgIpc) is 2.25. The normalized spacial score (nSPS) is 23.4. The topological polar surface area (TPSA) is 53.0 Å². The summed E-state index contributed by atoms with van der Waals surface area (Å²) < 4.78 is 5.77. The van der Waals surface area contributed by atoms with E-state index >= 15 is 0 Å². The largest absolute Gasteiger partial charge is 0.394 e. The molecule has 0 aromatic carbocycles. The molecule has 1 saturated heterocycles. The first-order valence-electron chi connectivity index (χ1n) is 7.48. The zero-order valence-electron chi connectivity index (χ0n) is 13.7. The highest BCUT2D eigenvalue weighted by Gasteiger charge is 2.34. The van der Waals surface area contributed by atoms with Gasteiger partial charge < -0.3 is 14.7 Å². The van der Waals surface area contributed by atoms with E-state index in [1.165, 1.54) is 0 Å². The molecule has 0 aliphatic carbocycles. The van der Waals surface area contributed by atoms with Gasteiger partial charge in [0.05, 0.1) is 24.9 Å². The molecule has 0 aromatic rings. The van der Waals surface area contributed by atoms with Crippen molar-refractivity contribution < 1.29 is 14.6 Å². The van der Waals surface area contributed by atoms with Crippen LogP contribution in [0.5, 0.6) is 0 Å². The van der Waals surface area contributed by atoms with Crippen LogP contribution in [0, 0.1) is 0 Å². The van der Waals surface area contributed by atoms with Gasteiger partial charge in [0.1, 0.15) is 0 Å². The van der Waals surface area contributed by atoms with E-state index in [4.69, 9.17) is 4.74 Å². The molecular formula is C15H30N2O3. The van der Waals surface area contributed by atoms with Crippen LogP contribution in [-0.2, 0) is 9.53 Å². The van der Waals surface area contributed by atoms with Crippen molar-refractivity contribution in [2.75, 3.05) is 26.2 Å². The number of morpholine rings is 1. The maximum absolute atomic E-state index is 12.5. The second-order valence-electron chi connectivity index (χ2n) is 6.84. The summed E-state index contributed by atoms with van der Waals surface area (Å²) >= 11 is 0. The number of nitrogens with zero attached hydrogens (tertiary/aromatic N) is 2. The molecular weight excluding hydrogens is 256 g/mol. The number of carbonyl (C=O) groups excluding carboxylic acids is 1. The highest BCUT2D eigenvalue weighted by atomic mass is 16.5. The lowest BCUT2D eigenvalue weighted by Gasteiger charge is -2.43. The molecule has 118 valence electrons. The van der Waals surface area contributed by atoms with Gasteiger partial charge in [0, 0.05) is 25.2 Å². The Morgan fingerprint density at radius 3 is 2.35 bits per heavy atom. The fraction of sp³-hybridized carbons (Fsp3) is 0.933. The quantitative estimate of drug-likeness (QED) is 0.822. The minimum absolute atomic E-state index is 0.00774. The Hall–Kier alpha value is -0.650. The first-order valence-corrected chi connectivity index (χ1v) is 7.48. The van der Waals surface area contributed by atoms with Crippen molar-refractivity contribution in [2.24, 2.45) is 0 Å². The van der Waals surface area contributed by atoms with E-state index in [1.807, 2.05) is 46.4 Å². The van der Waals surface area contributed by atoms with Gasteiger partial charge in [-0.3, -0.25) is 9.69 Å². The summed E-state index contributed by atoms with van der Waals surface area (Å²) in [5.74, 6) is 0.143. The fourth-order valence-corrected chi connectivity index (χ4v) is 3.08. The van der Waals surface area contributed by atoms with Crippen molar-refractivity contribution in [2.45, 2.75) is 65.3 Å². The van der Waals surface area contributed by atoms with Crippen LogP contribution in [0.2, 0.25) is 0 Å². The van der Waals surface area contributed by atoms with Gasteiger partial charge in [0.15, 0.2) is 0 Å². The predicted molar refractivity (Wildman–Crippen MR) is 79.6 cm³/mol. The summed E-state index contributed by atoms with van der Waals surface area (Å²) in [7, 11) is 0. The van der Waals surface area contributed by atoms with Crippen LogP contribution in [0.3, 0.4) is 0 Å². The van der Waals surface area contributed by atoms with Gasteiger partial charge in [-0.2, -0.15) is 0 Å². The number of aliphatic hydroxyl groups excluding tert-OH is 1. The van der Waals surface area contributed by atoms with Crippen molar-refractivity contribution >= 4 is 5.91 Å². The van der Waals surface area contributed by atoms with Crippen molar-refractivity contribution in [1.82, 2.24) is 9.80 Å². The molecule has 1 amide bonds. The van der Waals surface area contributed by atoms with E-state index in [0.717, 1.165) is 0 Å². The molecule has 0 saturated carbocycles. The van der Waals surface area contributed by atoms with Crippen LogP contribution in [0.15, 0.2) is 0 Å². The Morgan fingerprint density at radius 1 is 1.35 bits per heavy atom. The highest BCUT2D eigenvalue weighted by molar-refractivity contribution is 5.78. The Balaban J connectivity index is 2.69. The molecule has 1 atom stereocenters. The van der Waals surface area contributed by atoms with Crippen LogP contribution in [0.4, 0.5) is 0 Å². The lowest BCUT2D eigenvalue weighted by Crippen LogP contribution is -2.57. The minimum atomic E-state index is -0.327. The predicted octanol–water partition coefficient (Wildman–Crippen LogP) is 1.10. The molecule has 20 heavy (non-hydrogen) atoms. The lowest BCUT2D eigenvalue weighted by molar-refractivity contribution is -0.157. The van der Waals surface area contributed by atoms with E-state index in [1.54, 1.807) is 0 Å². The first-order chi connectivity index (χ1) is 9.16. The molecule has 5 heteroatoms. The van der Waals surface area contributed by atoms with Crippen molar-refractivity contribution in [3.8, 4) is 0 Å². The van der Waals surface area contributed by atoms with Gasteiger partial charge in [-0.15, -0.1) is 0 Å². The number of hydrogen-bond donors (Lipinski definition) is 1. The standard InChI is InChI=1S/C15H30N2O3/c1-11(2)17(12(3)4)14(19)8-16-7-13(9-18)20-15(5,6)10-16/h11-13,18H,7-10H2,1-6H3. The summed E-state index contributed by atoms with van der Waals surface area (Å²) in [5, 5.41) is 9.31. The second-order valence-corrected chi connectivity index (χ2v) is 6.84. The molecule has 1 aliphatic heterocycles. The third-order valence-corrected chi connectivity index (χ3v) is 3.52. The summed E-state index contributed by atoms with van der Waals surface area (Å²) in [6.07, 6.45) is -0.210. The Kier molecular flexibility index (Phi) is 5.98. The fourth-order valence-electron chi connectivity index (χ4n) is 3.08. The van der Waals surface area contributed by atoms with Crippen LogP contribution >= 0.6 is 0 Å². The molecule has 0 bridgehead atoms. The molecule has 0 aromatic heterocycles. The number of rotatable bonds is 5. The summed E-state index contributed by atoms with van der Waals surface area (Å²) in [6.45, 7) is 13.8. The zero-order valence-corrected chi connectivity index (χ0v) is 13.7. The molecule has 1 heterocycles. The van der Waals surface area contributed by atoms with Crippen molar-refractivity contribution in [3.05, 3.63) is 0 Å². The van der Waals surface area contributed by atoms with Crippen LogP contribution in [0.1, 0.15) is 41.5 Å². The molecule has 1 aliphatic rings. The average molecular weight is 286 g/mol. The number of amides is 1. The molecule has 1 unspecified atom stereocenters. The van der Waals surface area contributed by atoms with E-state index in [2.05, 4.69) is 4.90 Å². The van der Waals surface area contributed by atoms with Gasteiger partial charge in [-0.05, 0) is 41.5 Å². The smallest absolute Gasteiger partial charge is 0.237 e. The number of hydrogen-bond acceptors (Lipinski definition) is 4. The van der Waals surface area contributed by atoms with Crippen molar-refractivity contribution in [1.29, 1.82) is 0 Å². The molecule has 1 rings (SSSR count). The SMILES string of the molecule is CC(C)N(C(=O)CN1CC(CO)OC(C)(C)C1)C(C)C. The molecule has 5 nitrogen and oxygen atoms in total. The van der Waals surface area contributed by atoms with Gasteiger partial charge in [-0.25, -0.2) is 0 Å². The van der Waals surface area contributed by atoms with Gasteiger partial charge >= 0.3 is 0 Å².